The fourth-order valence-corrected chi connectivity index (χ4v) is 1.25. The molecular weight excluding hydrogens is 221 g/mol. The van der Waals surface area contributed by atoms with Crippen LogP contribution in [-0.4, -0.2) is 9.97 Å². The number of rotatable bonds is 1. The summed E-state index contributed by atoms with van der Waals surface area (Å²) in [5, 5.41) is 0. The maximum absolute atomic E-state index is 13.3. The Bertz CT molecular complexity index is 595. The Kier molecular flexibility index (Phi) is 2.47. The first-order valence-corrected chi connectivity index (χ1v) is 4.28. The average Bonchev–Trinajstić information content (AvgIpc) is 2.23. The van der Waals surface area contributed by atoms with Gasteiger partial charge in [0.05, 0.1) is 5.69 Å². The smallest absolute Gasteiger partial charge is 0.305 e. The summed E-state index contributed by atoms with van der Waals surface area (Å²) in [5.74, 6) is -3.42. The molecule has 1 aromatic heterocycles. The van der Waals surface area contributed by atoms with E-state index < -0.39 is 23.1 Å². The molecule has 2 aromatic rings. The summed E-state index contributed by atoms with van der Waals surface area (Å²) in [6.07, 6.45) is 1.15. The van der Waals surface area contributed by atoms with Crippen LogP contribution in [0.3, 0.4) is 0 Å². The molecule has 1 N–H and O–H groups in total. The molecule has 0 atom stereocenters. The van der Waals surface area contributed by atoms with E-state index in [2.05, 4.69) is 9.97 Å². The second-order valence-corrected chi connectivity index (χ2v) is 3.03. The van der Waals surface area contributed by atoms with Crippen molar-refractivity contribution < 1.29 is 13.2 Å². The second-order valence-electron chi connectivity index (χ2n) is 3.03. The van der Waals surface area contributed by atoms with Crippen molar-refractivity contribution in [3.05, 3.63) is 52.3 Å². The highest BCUT2D eigenvalue weighted by Gasteiger charge is 2.11. The first-order chi connectivity index (χ1) is 7.58. The van der Waals surface area contributed by atoms with Crippen molar-refractivity contribution in [1.82, 2.24) is 9.97 Å². The Hall–Kier alpha value is -2.11. The summed E-state index contributed by atoms with van der Waals surface area (Å²) in [5.41, 5.74) is -0.878. The van der Waals surface area contributed by atoms with Crippen molar-refractivity contribution in [3.8, 4) is 11.3 Å². The zero-order valence-corrected chi connectivity index (χ0v) is 7.80. The van der Waals surface area contributed by atoms with Gasteiger partial charge in [-0.05, 0) is 12.1 Å². The van der Waals surface area contributed by atoms with Gasteiger partial charge in [-0.3, -0.25) is 0 Å². The molecule has 0 spiro atoms. The van der Waals surface area contributed by atoms with Crippen LogP contribution >= 0.6 is 0 Å². The fraction of sp³-hybridized carbons (Fsp3) is 0. The molecule has 0 saturated carbocycles. The Morgan fingerprint density at radius 3 is 2.44 bits per heavy atom. The Labute approximate surface area is 87.6 Å². The van der Waals surface area contributed by atoms with Crippen LogP contribution in [0, 0.1) is 17.5 Å². The van der Waals surface area contributed by atoms with Gasteiger partial charge < -0.3 is 4.98 Å². The highest BCUT2D eigenvalue weighted by Crippen LogP contribution is 2.22. The molecule has 1 heterocycles. The van der Waals surface area contributed by atoms with Crippen molar-refractivity contribution in [1.29, 1.82) is 0 Å². The van der Waals surface area contributed by atoms with Gasteiger partial charge in [0, 0.05) is 17.8 Å². The van der Waals surface area contributed by atoms with Gasteiger partial charge in [0.15, 0.2) is 11.6 Å². The molecule has 6 heteroatoms. The van der Waals surface area contributed by atoms with Crippen LogP contribution in [0.15, 0.2) is 29.2 Å². The molecule has 0 aliphatic rings. The van der Waals surface area contributed by atoms with Gasteiger partial charge in [-0.2, -0.15) is 0 Å². The summed E-state index contributed by atoms with van der Waals surface area (Å²) in [4.78, 5) is 16.4. The van der Waals surface area contributed by atoms with Gasteiger partial charge in [-0.25, -0.2) is 22.9 Å². The van der Waals surface area contributed by atoms with Gasteiger partial charge in [-0.1, -0.05) is 0 Å². The number of H-pyrrole nitrogens is 1. The zero-order chi connectivity index (χ0) is 11.7. The Morgan fingerprint density at radius 2 is 1.75 bits per heavy atom. The van der Waals surface area contributed by atoms with Crippen LogP contribution in [-0.2, 0) is 0 Å². The molecule has 2 rings (SSSR count). The van der Waals surface area contributed by atoms with E-state index in [1.807, 2.05) is 0 Å². The normalized spacial score (nSPS) is 10.4. The van der Waals surface area contributed by atoms with E-state index in [1.165, 1.54) is 6.07 Å². The van der Waals surface area contributed by atoms with Crippen molar-refractivity contribution >= 4 is 0 Å². The third-order valence-electron chi connectivity index (χ3n) is 1.97. The molecule has 0 fully saturated rings. The summed E-state index contributed by atoms with van der Waals surface area (Å²) < 4.78 is 38.9. The minimum atomic E-state index is -1.28. The summed E-state index contributed by atoms with van der Waals surface area (Å²) >= 11 is 0. The van der Waals surface area contributed by atoms with Gasteiger partial charge in [0.25, 0.3) is 0 Å². The van der Waals surface area contributed by atoms with Crippen LogP contribution in [0.4, 0.5) is 13.2 Å². The number of hydrogen-bond donors (Lipinski definition) is 1. The lowest BCUT2D eigenvalue weighted by atomic mass is 10.1. The molecule has 3 nitrogen and oxygen atoms in total. The number of halogens is 3. The largest absolute Gasteiger partial charge is 0.345 e. The number of aromatic amines is 1. The molecule has 0 aliphatic carbocycles. The fourth-order valence-electron chi connectivity index (χ4n) is 1.25. The highest BCUT2D eigenvalue weighted by atomic mass is 19.2. The number of benzene rings is 1. The first kappa shape index (κ1) is 10.4. The highest BCUT2D eigenvalue weighted by molar-refractivity contribution is 5.59. The predicted molar refractivity (Wildman–Crippen MR) is 50.2 cm³/mol. The van der Waals surface area contributed by atoms with Crippen LogP contribution in [0.25, 0.3) is 11.3 Å². The molecule has 0 radical (unpaired) electrons. The maximum atomic E-state index is 13.3. The lowest BCUT2D eigenvalue weighted by Crippen LogP contribution is -2.09. The standard InChI is InChI=1S/C10H5F3N2O/c11-6-4-8(13)7(12)3-5(6)9-1-2-14-10(16)15-9/h1-4H,(H,14,15,16). The van der Waals surface area contributed by atoms with Crippen molar-refractivity contribution in [2.24, 2.45) is 0 Å². The van der Waals surface area contributed by atoms with E-state index in [1.54, 1.807) is 0 Å². The third kappa shape index (κ3) is 1.81. The molecule has 0 amide bonds. The molecular formula is C10H5F3N2O. The monoisotopic (exact) mass is 226 g/mol. The Balaban J connectivity index is 2.65. The average molecular weight is 226 g/mol. The first-order valence-electron chi connectivity index (χ1n) is 4.28. The van der Waals surface area contributed by atoms with Gasteiger partial charge in [0.1, 0.15) is 5.82 Å². The van der Waals surface area contributed by atoms with Crippen LogP contribution in [0.5, 0.6) is 0 Å². The number of nitrogens with zero attached hydrogens (tertiary/aromatic N) is 1. The van der Waals surface area contributed by atoms with E-state index in [0.29, 0.717) is 12.1 Å². The third-order valence-corrected chi connectivity index (χ3v) is 1.97. The molecule has 0 unspecified atom stereocenters. The minimum absolute atomic E-state index is 0.0383. The second kappa shape index (κ2) is 3.80. The van der Waals surface area contributed by atoms with Gasteiger partial charge in [0.2, 0.25) is 0 Å². The molecule has 1 aromatic carbocycles. The van der Waals surface area contributed by atoms with Crippen LogP contribution < -0.4 is 5.69 Å². The topological polar surface area (TPSA) is 45.8 Å². The van der Waals surface area contributed by atoms with E-state index in [0.717, 1.165) is 6.20 Å². The number of nitrogens with one attached hydrogen (secondary N) is 1. The van der Waals surface area contributed by atoms with Crippen molar-refractivity contribution in [2.45, 2.75) is 0 Å². The zero-order valence-electron chi connectivity index (χ0n) is 7.80. The summed E-state index contributed by atoms with van der Waals surface area (Å²) in [6.45, 7) is 0. The summed E-state index contributed by atoms with van der Waals surface area (Å²) in [6, 6.07) is 2.39. The molecule has 0 aliphatic heterocycles. The van der Waals surface area contributed by atoms with Crippen molar-refractivity contribution in [3.63, 3.8) is 0 Å². The van der Waals surface area contributed by atoms with E-state index in [4.69, 9.17) is 0 Å². The van der Waals surface area contributed by atoms with Crippen molar-refractivity contribution in [2.75, 3.05) is 0 Å². The number of aromatic nitrogens is 2. The maximum Gasteiger partial charge on any atom is 0.345 e. The van der Waals surface area contributed by atoms with Gasteiger partial charge in [-0.15, -0.1) is 0 Å². The SMILES string of the molecule is O=c1nccc(-c2cc(F)c(F)cc2F)[nH]1. The molecule has 0 saturated heterocycles. The van der Waals surface area contributed by atoms with Crippen LogP contribution in [0.2, 0.25) is 0 Å². The van der Waals surface area contributed by atoms with E-state index in [9.17, 15) is 18.0 Å². The van der Waals surface area contributed by atoms with Crippen LogP contribution in [0.1, 0.15) is 0 Å². The summed E-state index contributed by atoms with van der Waals surface area (Å²) in [7, 11) is 0. The minimum Gasteiger partial charge on any atom is -0.305 e. The lowest BCUT2D eigenvalue weighted by Gasteiger charge is -2.03. The molecule has 0 bridgehead atoms. The molecule has 82 valence electrons. The Morgan fingerprint density at radius 1 is 1.06 bits per heavy atom. The predicted octanol–water partition coefficient (Wildman–Crippen LogP) is 1.85. The van der Waals surface area contributed by atoms with Gasteiger partial charge >= 0.3 is 5.69 Å². The lowest BCUT2D eigenvalue weighted by molar-refractivity contribution is 0.496. The quantitative estimate of drug-likeness (QED) is 0.754. The number of hydrogen-bond acceptors (Lipinski definition) is 2. The molecule has 16 heavy (non-hydrogen) atoms. The van der Waals surface area contributed by atoms with E-state index >= 15 is 0 Å². The van der Waals surface area contributed by atoms with E-state index in [-0.39, 0.29) is 11.3 Å².